The standard InChI is InChI=1S/C13H14BrFN2O2S2/c1-8-4-11(5-9(6-16)13(8)15)21(18,19)17-7-10-2-3-12(14)20-10/h2-5,17H,6-7,16H2,1H3. The largest absolute Gasteiger partial charge is 0.326 e. The number of sulfonamides is 1. The van der Waals surface area contributed by atoms with Crippen molar-refractivity contribution in [2.24, 2.45) is 5.73 Å². The van der Waals surface area contributed by atoms with Crippen LogP contribution >= 0.6 is 27.3 Å². The number of rotatable bonds is 5. The smallest absolute Gasteiger partial charge is 0.240 e. The predicted octanol–water partition coefficient (Wildman–Crippen LogP) is 2.90. The molecule has 1 aromatic carbocycles. The molecule has 8 heteroatoms. The number of aryl methyl sites for hydroxylation is 1. The monoisotopic (exact) mass is 392 g/mol. The molecular weight excluding hydrogens is 379 g/mol. The highest BCUT2D eigenvalue weighted by Crippen LogP contribution is 2.23. The Kier molecular flexibility index (Phi) is 5.15. The van der Waals surface area contributed by atoms with Crippen LogP contribution in [-0.2, 0) is 23.1 Å². The second-order valence-electron chi connectivity index (χ2n) is 4.45. The summed E-state index contributed by atoms with van der Waals surface area (Å²) in [5.41, 5.74) is 5.89. The molecule has 0 aliphatic heterocycles. The van der Waals surface area contributed by atoms with Gasteiger partial charge in [-0.2, -0.15) is 0 Å². The van der Waals surface area contributed by atoms with E-state index < -0.39 is 15.8 Å². The molecule has 0 amide bonds. The van der Waals surface area contributed by atoms with Gasteiger partial charge in [0, 0.05) is 23.5 Å². The lowest BCUT2D eigenvalue weighted by Crippen LogP contribution is -2.23. The lowest BCUT2D eigenvalue weighted by molar-refractivity contribution is 0.578. The first kappa shape index (κ1) is 16.6. The average molecular weight is 393 g/mol. The van der Waals surface area contributed by atoms with E-state index in [9.17, 15) is 12.8 Å². The third-order valence-corrected chi connectivity index (χ3v) is 5.90. The van der Waals surface area contributed by atoms with Crippen LogP contribution in [0, 0.1) is 12.7 Å². The summed E-state index contributed by atoms with van der Waals surface area (Å²) in [5, 5.41) is 0. The lowest BCUT2D eigenvalue weighted by atomic mass is 10.1. The zero-order valence-corrected chi connectivity index (χ0v) is 14.4. The van der Waals surface area contributed by atoms with Gasteiger partial charge in [0.25, 0.3) is 0 Å². The van der Waals surface area contributed by atoms with Crippen molar-refractivity contribution >= 4 is 37.3 Å². The molecule has 0 atom stereocenters. The van der Waals surface area contributed by atoms with Crippen LogP contribution in [0.25, 0.3) is 0 Å². The number of hydrogen-bond donors (Lipinski definition) is 2. The third-order valence-electron chi connectivity index (χ3n) is 2.90. The molecule has 114 valence electrons. The quantitative estimate of drug-likeness (QED) is 0.821. The molecular formula is C13H14BrFN2O2S2. The molecule has 0 saturated carbocycles. The first-order valence-corrected chi connectivity index (χ1v) is 9.15. The van der Waals surface area contributed by atoms with Gasteiger partial charge in [0.1, 0.15) is 5.82 Å². The molecule has 4 nitrogen and oxygen atoms in total. The van der Waals surface area contributed by atoms with Crippen molar-refractivity contribution in [1.29, 1.82) is 0 Å². The van der Waals surface area contributed by atoms with Gasteiger partial charge in [0.2, 0.25) is 10.0 Å². The van der Waals surface area contributed by atoms with Crippen molar-refractivity contribution in [3.63, 3.8) is 0 Å². The van der Waals surface area contributed by atoms with E-state index in [-0.39, 0.29) is 29.1 Å². The molecule has 0 saturated heterocycles. The van der Waals surface area contributed by atoms with Gasteiger partial charge in [-0.3, -0.25) is 0 Å². The summed E-state index contributed by atoms with van der Waals surface area (Å²) in [4.78, 5) is 0.904. The Morgan fingerprint density at radius 2 is 2.10 bits per heavy atom. The van der Waals surface area contributed by atoms with Crippen molar-refractivity contribution in [2.45, 2.75) is 24.9 Å². The molecule has 0 fully saturated rings. The minimum Gasteiger partial charge on any atom is -0.326 e. The van der Waals surface area contributed by atoms with E-state index in [2.05, 4.69) is 20.7 Å². The zero-order valence-electron chi connectivity index (χ0n) is 11.2. The Balaban J connectivity index is 2.25. The van der Waals surface area contributed by atoms with Crippen molar-refractivity contribution in [3.8, 4) is 0 Å². The molecule has 1 heterocycles. The van der Waals surface area contributed by atoms with Gasteiger partial charge in [-0.15, -0.1) is 11.3 Å². The van der Waals surface area contributed by atoms with E-state index in [1.165, 1.54) is 30.4 Å². The van der Waals surface area contributed by atoms with Gasteiger partial charge in [0.05, 0.1) is 8.68 Å². The van der Waals surface area contributed by atoms with Crippen LogP contribution in [0.1, 0.15) is 16.0 Å². The fraction of sp³-hybridized carbons (Fsp3) is 0.231. The maximum Gasteiger partial charge on any atom is 0.240 e. The first-order valence-electron chi connectivity index (χ1n) is 6.06. The van der Waals surface area contributed by atoms with Gasteiger partial charge >= 0.3 is 0 Å². The normalized spacial score (nSPS) is 11.8. The summed E-state index contributed by atoms with van der Waals surface area (Å²) in [7, 11) is -3.70. The molecule has 0 bridgehead atoms. The number of nitrogens with two attached hydrogens (primary N) is 1. The SMILES string of the molecule is Cc1cc(S(=O)(=O)NCc2ccc(Br)s2)cc(CN)c1F. The second-order valence-corrected chi connectivity index (χ2v) is 8.76. The Morgan fingerprint density at radius 3 is 2.67 bits per heavy atom. The Hall–Kier alpha value is -0.800. The maximum absolute atomic E-state index is 13.7. The van der Waals surface area contributed by atoms with Crippen LogP contribution in [0.15, 0.2) is 32.9 Å². The van der Waals surface area contributed by atoms with E-state index in [0.29, 0.717) is 0 Å². The van der Waals surface area contributed by atoms with E-state index in [1.54, 1.807) is 0 Å². The summed E-state index contributed by atoms with van der Waals surface area (Å²) in [6.07, 6.45) is 0. The second kappa shape index (κ2) is 6.53. The number of nitrogens with one attached hydrogen (secondary N) is 1. The summed E-state index contributed by atoms with van der Waals surface area (Å²) >= 11 is 4.77. The highest BCUT2D eigenvalue weighted by molar-refractivity contribution is 9.11. The van der Waals surface area contributed by atoms with Gasteiger partial charge in [0.15, 0.2) is 0 Å². The van der Waals surface area contributed by atoms with Crippen molar-refractivity contribution in [2.75, 3.05) is 0 Å². The van der Waals surface area contributed by atoms with Crippen LogP contribution in [0.5, 0.6) is 0 Å². The molecule has 1 aromatic heterocycles. The number of hydrogen-bond acceptors (Lipinski definition) is 4. The van der Waals surface area contributed by atoms with Gasteiger partial charge in [-0.1, -0.05) is 0 Å². The Morgan fingerprint density at radius 1 is 1.38 bits per heavy atom. The summed E-state index contributed by atoms with van der Waals surface area (Å²) in [6.45, 7) is 1.66. The summed E-state index contributed by atoms with van der Waals surface area (Å²) in [5.74, 6) is -0.460. The molecule has 0 aliphatic carbocycles. The minimum absolute atomic E-state index is 0.0254. The predicted molar refractivity (Wildman–Crippen MR) is 85.1 cm³/mol. The zero-order chi connectivity index (χ0) is 15.6. The Labute approximate surface area is 135 Å². The van der Waals surface area contributed by atoms with Crippen molar-refractivity contribution in [1.82, 2.24) is 4.72 Å². The number of benzene rings is 1. The molecule has 21 heavy (non-hydrogen) atoms. The fourth-order valence-electron chi connectivity index (χ4n) is 1.81. The fourth-order valence-corrected chi connectivity index (χ4v) is 4.46. The highest BCUT2D eigenvalue weighted by atomic mass is 79.9. The molecule has 0 radical (unpaired) electrons. The van der Waals surface area contributed by atoms with E-state index in [0.717, 1.165) is 8.66 Å². The highest BCUT2D eigenvalue weighted by Gasteiger charge is 2.18. The third kappa shape index (κ3) is 3.89. The van der Waals surface area contributed by atoms with Crippen LogP contribution in [0.2, 0.25) is 0 Å². The minimum atomic E-state index is -3.70. The van der Waals surface area contributed by atoms with Gasteiger partial charge in [-0.25, -0.2) is 17.5 Å². The van der Waals surface area contributed by atoms with Crippen molar-refractivity contribution < 1.29 is 12.8 Å². The number of halogens is 2. The van der Waals surface area contributed by atoms with Gasteiger partial charge in [-0.05, 0) is 52.7 Å². The van der Waals surface area contributed by atoms with Crippen LogP contribution < -0.4 is 10.5 Å². The van der Waals surface area contributed by atoms with Crippen LogP contribution in [-0.4, -0.2) is 8.42 Å². The molecule has 0 unspecified atom stereocenters. The molecule has 3 N–H and O–H groups in total. The van der Waals surface area contributed by atoms with E-state index >= 15 is 0 Å². The maximum atomic E-state index is 13.7. The Bertz CT molecular complexity index is 760. The molecule has 0 aliphatic rings. The molecule has 0 spiro atoms. The summed E-state index contributed by atoms with van der Waals surface area (Å²) in [6, 6.07) is 6.26. The van der Waals surface area contributed by atoms with Gasteiger partial charge < -0.3 is 5.73 Å². The van der Waals surface area contributed by atoms with Crippen molar-refractivity contribution in [3.05, 3.63) is 49.9 Å². The van der Waals surface area contributed by atoms with E-state index in [4.69, 9.17) is 5.73 Å². The van der Waals surface area contributed by atoms with Crippen LogP contribution in [0.3, 0.4) is 0 Å². The topological polar surface area (TPSA) is 72.2 Å². The average Bonchev–Trinajstić information content (AvgIpc) is 2.85. The first-order chi connectivity index (χ1) is 9.83. The van der Waals surface area contributed by atoms with Crippen LogP contribution in [0.4, 0.5) is 4.39 Å². The number of thiophene rings is 1. The van der Waals surface area contributed by atoms with E-state index in [1.807, 2.05) is 12.1 Å². The molecule has 2 rings (SSSR count). The lowest BCUT2D eigenvalue weighted by Gasteiger charge is -2.10. The summed E-state index contributed by atoms with van der Waals surface area (Å²) < 4.78 is 41.7. The molecule has 2 aromatic rings.